The zero-order valence-electron chi connectivity index (χ0n) is 15.2. The van der Waals surface area contributed by atoms with Crippen molar-refractivity contribution in [3.63, 3.8) is 0 Å². The first-order chi connectivity index (χ1) is 11.8. The molecular weight excluding hydrogens is 320 g/mol. The van der Waals surface area contributed by atoms with Crippen LogP contribution in [0.4, 0.5) is 0 Å². The van der Waals surface area contributed by atoms with Crippen LogP contribution in [0, 0.1) is 5.92 Å². The van der Waals surface area contributed by atoms with Crippen LogP contribution in [0.5, 0.6) is 11.5 Å². The summed E-state index contributed by atoms with van der Waals surface area (Å²) < 4.78 is 16.3. The summed E-state index contributed by atoms with van der Waals surface area (Å²) in [7, 11) is 0. The fourth-order valence-electron chi connectivity index (χ4n) is 2.80. The lowest BCUT2D eigenvalue weighted by Crippen LogP contribution is -2.37. The fraction of sp³-hybridized carbons (Fsp3) is 0.450. The molecule has 0 unspecified atom stereocenters. The maximum atomic E-state index is 12.8. The second kappa shape index (κ2) is 7.74. The molecule has 1 aromatic rings. The lowest BCUT2D eigenvalue weighted by molar-refractivity contribution is -0.163. The minimum Gasteiger partial charge on any atom is -0.460 e. The minimum atomic E-state index is -0.992. The zero-order valence-corrected chi connectivity index (χ0v) is 15.2. The number of benzene rings is 1. The molecule has 0 saturated heterocycles. The molecule has 5 heteroatoms. The summed E-state index contributed by atoms with van der Waals surface area (Å²) in [6.07, 6.45) is 3.95. The Morgan fingerprint density at radius 1 is 1.32 bits per heavy atom. The Balaban J connectivity index is 2.38. The molecule has 1 aliphatic rings. The number of ether oxygens (including phenoxy) is 3. The molecule has 0 aromatic heterocycles. The normalized spacial score (nSPS) is 17.2. The number of esters is 1. The Kier molecular flexibility index (Phi) is 5.90. The predicted octanol–water partition coefficient (Wildman–Crippen LogP) is 3.58. The highest BCUT2D eigenvalue weighted by atomic mass is 16.7. The number of aliphatic hydroxyl groups is 1. The molecule has 0 saturated carbocycles. The van der Waals surface area contributed by atoms with Crippen molar-refractivity contribution in [3.05, 3.63) is 48.6 Å². The molecular formula is C20H26O5. The largest absolute Gasteiger partial charge is 0.460 e. The van der Waals surface area contributed by atoms with Gasteiger partial charge in [0.2, 0.25) is 6.79 Å². The molecule has 136 valence electrons. The van der Waals surface area contributed by atoms with Crippen molar-refractivity contribution in [1.82, 2.24) is 0 Å². The molecule has 25 heavy (non-hydrogen) atoms. The molecule has 0 amide bonds. The summed E-state index contributed by atoms with van der Waals surface area (Å²) in [6.45, 7) is 11.2. The van der Waals surface area contributed by atoms with Gasteiger partial charge < -0.3 is 19.3 Å². The van der Waals surface area contributed by atoms with E-state index in [1.54, 1.807) is 52.0 Å². The first kappa shape index (κ1) is 19.1. The van der Waals surface area contributed by atoms with Crippen LogP contribution >= 0.6 is 0 Å². The molecule has 0 fully saturated rings. The molecule has 3 atom stereocenters. The maximum Gasteiger partial charge on any atom is 0.313 e. The number of rotatable bonds is 6. The minimum absolute atomic E-state index is 0.175. The lowest BCUT2D eigenvalue weighted by Gasteiger charge is -2.30. The number of hydrogen-bond acceptors (Lipinski definition) is 5. The molecule has 0 bridgehead atoms. The number of hydrogen-bond donors (Lipinski definition) is 1. The van der Waals surface area contributed by atoms with Crippen molar-refractivity contribution in [2.75, 3.05) is 6.79 Å². The number of carbonyl (C=O) groups excluding carboxylic acids is 1. The van der Waals surface area contributed by atoms with E-state index in [-0.39, 0.29) is 6.79 Å². The van der Waals surface area contributed by atoms with E-state index in [4.69, 9.17) is 14.2 Å². The first-order valence-corrected chi connectivity index (χ1v) is 8.32. The van der Waals surface area contributed by atoms with Crippen molar-refractivity contribution in [2.24, 2.45) is 5.92 Å². The van der Waals surface area contributed by atoms with Crippen LogP contribution in [0.15, 0.2) is 43.0 Å². The van der Waals surface area contributed by atoms with E-state index in [1.807, 2.05) is 12.1 Å². The smallest absolute Gasteiger partial charge is 0.313 e. The van der Waals surface area contributed by atoms with E-state index >= 15 is 0 Å². The Morgan fingerprint density at radius 2 is 2.00 bits per heavy atom. The van der Waals surface area contributed by atoms with Crippen LogP contribution in [0.3, 0.4) is 0 Å². The summed E-state index contributed by atoms with van der Waals surface area (Å²) in [6, 6.07) is 5.45. The number of allylic oxidation sites excluding steroid dienone is 2. The summed E-state index contributed by atoms with van der Waals surface area (Å²) >= 11 is 0. The van der Waals surface area contributed by atoms with Crippen molar-refractivity contribution >= 4 is 5.97 Å². The number of carbonyl (C=O) groups is 1. The van der Waals surface area contributed by atoms with E-state index < -0.39 is 29.5 Å². The second-order valence-corrected chi connectivity index (χ2v) is 6.95. The van der Waals surface area contributed by atoms with Crippen LogP contribution in [0.2, 0.25) is 0 Å². The van der Waals surface area contributed by atoms with Gasteiger partial charge in [0.05, 0.1) is 12.0 Å². The van der Waals surface area contributed by atoms with Crippen LogP contribution in [-0.2, 0) is 9.53 Å². The van der Waals surface area contributed by atoms with E-state index in [0.29, 0.717) is 11.5 Å². The van der Waals surface area contributed by atoms with Gasteiger partial charge in [-0.2, -0.15) is 0 Å². The van der Waals surface area contributed by atoms with Crippen molar-refractivity contribution < 1.29 is 24.1 Å². The molecule has 1 N–H and O–H groups in total. The predicted molar refractivity (Wildman–Crippen MR) is 95.7 cm³/mol. The summed E-state index contributed by atoms with van der Waals surface area (Å²) in [5.41, 5.74) is 0.157. The van der Waals surface area contributed by atoms with Crippen molar-refractivity contribution in [2.45, 2.75) is 45.3 Å². The van der Waals surface area contributed by atoms with Crippen molar-refractivity contribution in [3.8, 4) is 11.5 Å². The molecule has 0 spiro atoms. The molecule has 1 aliphatic heterocycles. The van der Waals surface area contributed by atoms with E-state index in [1.165, 1.54) is 0 Å². The average molecular weight is 346 g/mol. The van der Waals surface area contributed by atoms with Gasteiger partial charge in [-0.05, 0) is 45.4 Å². The van der Waals surface area contributed by atoms with Crippen LogP contribution in [0.25, 0.3) is 0 Å². The second-order valence-electron chi connectivity index (χ2n) is 6.95. The third-order valence-corrected chi connectivity index (χ3v) is 3.86. The van der Waals surface area contributed by atoms with Gasteiger partial charge >= 0.3 is 5.97 Å². The zero-order chi connectivity index (χ0) is 18.6. The summed E-state index contributed by atoms with van der Waals surface area (Å²) in [4.78, 5) is 12.8. The van der Waals surface area contributed by atoms with Crippen molar-refractivity contribution in [1.29, 1.82) is 0 Å². The Labute approximate surface area is 148 Å². The monoisotopic (exact) mass is 346 g/mol. The number of aliphatic hydroxyl groups excluding tert-OH is 1. The van der Waals surface area contributed by atoms with E-state index in [9.17, 15) is 9.90 Å². The Morgan fingerprint density at radius 3 is 2.60 bits per heavy atom. The summed E-state index contributed by atoms with van der Waals surface area (Å²) in [5, 5.41) is 10.5. The Hall–Kier alpha value is -2.27. The SMILES string of the molecule is C=C[C@H](c1ccc2c(c1)OCO2)[C@@H](C(=O)OC(C)(C)C)[C@H](O)/C=C/C. The van der Waals surface area contributed by atoms with Gasteiger partial charge in [-0.3, -0.25) is 4.79 Å². The molecule has 5 nitrogen and oxygen atoms in total. The van der Waals surface area contributed by atoms with Gasteiger partial charge in [-0.15, -0.1) is 6.58 Å². The number of fused-ring (bicyclic) bond motifs is 1. The standard InChI is InChI=1S/C20H26O5/c1-6-8-15(21)18(19(22)25-20(3,4)5)14(7-2)13-9-10-16-17(11-13)24-12-23-16/h6-11,14-15,18,21H,2,12H2,1,3-5H3/b8-6+/t14-,15-,18-/m1/s1. The summed E-state index contributed by atoms with van der Waals surface area (Å²) in [5.74, 6) is -0.438. The van der Waals surface area contributed by atoms with Gasteiger partial charge in [0.25, 0.3) is 0 Å². The highest BCUT2D eigenvalue weighted by Gasteiger charge is 2.36. The van der Waals surface area contributed by atoms with Gasteiger partial charge in [-0.25, -0.2) is 0 Å². The van der Waals surface area contributed by atoms with Gasteiger partial charge in [0.15, 0.2) is 11.5 Å². The van der Waals surface area contributed by atoms with Gasteiger partial charge in [0, 0.05) is 5.92 Å². The Bertz CT molecular complexity index is 657. The average Bonchev–Trinajstić information content (AvgIpc) is 2.98. The molecule has 1 aromatic carbocycles. The molecule has 0 aliphatic carbocycles. The fourth-order valence-corrected chi connectivity index (χ4v) is 2.80. The lowest BCUT2D eigenvalue weighted by atomic mass is 9.82. The van der Waals surface area contributed by atoms with Crippen LogP contribution in [0.1, 0.15) is 39.2 Å². The van der Waals surface area contributed by atoms with Crippen LogP contribution < -0.4 is 9.47 Å². The van der Waals surface area contributed by atoms with Crippen LogP contribution in [-0.4, -0.2) is 29.6 Å². The van der Waals surface area contributed by atoms with E-state index in [2.05, 4.69) is 6.58 Å². The quantitative estimate of drug-likeness (QED) is 0.630. The maximum absolute atomic E-state index is 12.8. The van der Waals surface area contributed by atoms with Gasteiger partial charge in [-0.1, -0.05) is 24.3 Å². The molecule has 0 radical (unpaired) electrons. The highest BCUT2D eigenvalue weighted by molar-refractivity contribution is 5.76. The third kappa shape index (κ3) is 4.63. The topological polar surface area (TPSA) is 65.0 Å². The molecule has 2 rings (SSSR count). The molecule has 1 heterocycles. The highest BCUT2D eigenvalue weighted by Crippen LogP contribution is 2.38. The first-order valence-electron chi connectivity index (χ1n) is 8.32. The third-order valence-electron chi connectivity index (χ3n) is 3.86. The van der Waals surface area contributed by atoms with Gasteiger partial charge in [0.1, 0.15) is 5.60 Å². The van der Waals surface area contributed by atoms with E-state index in [0.717, 1.165) is 5.56 Å².